The van der Waals surface area contributed by atoms with Crippen molar-refractivity contribution in [3.63, 3.8) is 0 Å². The number of nitrogens with one attached hydrogen (secondary N) is 1. The van der Waals surface area contributed by atoms with Gasteiger partial charge in [-0.1, -0.05) is 35.9 Å². The molecule has 9 heteroatoms. The van der Waals surface area contributed by atoms with Crippen LogP contribution in [0.5, 0.6) is 0 Å². The largest absolute Gasteiger partial charge is 0.379 e. The maximum absolute atomic E-state index is 12.6. The lowest BCUT2D eigenvalue weighted by Crippen LogP contribution is -2.40. The predicted molar refractivity (Wildman–Crippen MR) is 112 cm³/mol. The fourth-order valence-electron chi connectivity index (χ4n) is 2.84. The molecular formula is C20H22ClN3O4S. The minimum Gasteiger partial charge on any atom is -0.379 e. The second-order valence-corrected chi connectivity index (χ2v) is 8.88. The van der Waals surface area contributed by atoms with Crippen molar-refractivity contribution < 1.29 is 17.9 Å². The highest BCUT2D eigenvalue weighted by Gasteiger charge is 2.26. The van der Waals surface area contributed by atoms with E-state index in [1.807, 2.05) is 6.07 Å². The molecule has 2 aromatic rings. The number of aryl methyl sites for hydroxylation is 1. The van der Waals surface area contributed by atoms with Gasteiger partial charge < -0.3 is 4.74 Å². The summed E-state index contributed by atoms with van der Waals surface area (Å²) >= 11 is 5.89. The van der Waals surface area contributed by atoms with E-state index in [-0.39, 0.29) is 17.2 Å². The Kier molecular flexibility index (Phi) is 7.38. The maximum Gasteiger partial charge on any atom is 0.243 e. The molecule has 3 rings (SSSR count). The van der Waals surface area contributed by atoms with E-state index >= 15 is 0 Å². The van der Waals surface area contributed by atoms with Crippen LogP contribution in [-0.4, -0.2) is 51.1 Å². The number of sulfonamides is 1. The summed E-state index contributed by atoms with van der Waals surface area (Å²) in [4.78, 5) is 12.2. The SMILES string of the molecule is O=C(CCc1ccc(S(=O)(=O)N2CCOCC2)cc1)N/N=C/c1cccc(Cl)c1. The molecule has 1 N–H and O–H groups in total. The molecule has 1 amide bonds. The molecule has 0 saturated carbocycles. The second-order valence-electron chi connectivity index (χ2n) is 6.51. The fraction of sp³-hybridized carbons (Fsp3) is 0.300. The van der Waals surface area contributed by atoms with Crippen molar-refractivity contribution in [1.29, 1.82) is 0 Å². The highest BCUT2D eigenvalue weighted by Crippen LogP contribution is 2.18. The lowest BCUT2D eigenvalue weighted by Gasteiger charge is -2.26. The Labute approximate surface area is 175 Å². The molecule has 0 aromatic heterocycles. The molecule has 7 nitrogen and oxygen atoms in total. The number of amides is 1. The summed E-state index contributed by atoms with van der Waals surface area (Å²) in [7, 11) is -3.51. The van der Waals surface area contributed by atoms with Crippen molar-refractivity contribution in [3.8, 4) is 0 Å². The zero-order valence-corrected chi connectivity index (χ0v) is 17.3. The summed E-state index contributed by atoms with van der Waals surface area (Å²) in [6.45, 7) is 1.54. The van der Waals surface area contributed by atoms with Crippen LogP contribution in [-0.2, 0) is 26.0 Å². The van der Waals surface area contributed by atoms with Crippen molar-refractivity contribution in [2.75, 3.05) is 26.3 Å². The summed E-state index contributed by atoms with van der Waals surface area (Å²) in [6, 6.07) is 13.7. The fourth-order valence-corrected chi connectivity index (χ4v) is 4.45. The standard InChI is InChI=1S/C20H22ClN3O4S/c21-18-3-1-2-17(14-18)15-22-23-20(25)9-6-16-4-7-19(8-5-16)29(26,27)24-10-12-28-13-11-24/h1-5,7-8,14-15H,6,9-13H2,(H,23,25)/b22-15+. The van der Waals surface area contributed by atoms with Crippen LogP contribution in [0.25, 0.3) is 0 Å². The first-order valence-electron chi connectivity index (χ1n) is 9.19. The van der Waals surface area contributed by atoms with Crippen LogP contribution in [0.2, 0.25) is 5.02 Å². The highest BCUT2D eigenvalue weighted by atomic mass is 35.5. The third kappa shape index (κ3) is 6.11. The number of hydrogen-bond donors (Lipinski definition) is 1. The molecule has 0 radical (unpaired) electrons. The quantitative estimate of drug-likeness (QED) is 0.534. The maximum atomic E-state index is 12.6. The number of hydrogen-bond acceptors (Lipinski definition) is 5. The average Bonchev–Trinajstić information content (AvgIpc) is 2.73. The van der Waals surface area contributed by atoms with Gasteiger partial charge in [-0.25, -0.2) is 13.8 Å². The Morgan fingerprint density at radius 2 is 1.90 bits per heavy atom. The first-order valence-corrected chi connectivity index (χ1v) is 11.0. The summed E-state index contributed by atoms with van der Waals surface area (Å²) in [5, 5.41) is 4.51. The van der Waals surface area contributed by atoms with Crippen LogP contribution >= 0.6 is 11.6 Å². The van der Waals surface area contributed by atoms with Crippen LogP contribution in [0, 0.1) is 0 Å². The first-order chi connectivity index (χ1) is 13.9. The van der Waals surface area contributed by atoms with Crippen LogP contribution in [0.15, 0.2) is 58.5 Å². The van der Waals surface area contributed by atoms with Crippen LogP contribution in [0.4, 0.5) is 0 Å². The Morgan fingerprint density at radius 3 is 2.59 bits per heavy atom. The minimum atomic E-state index is -3.51. The van der Waals surface area contributed by atoms with Gasteiger partial charge in [-0.15, -0.1) is 0 Å². The molecule has 29 heavy (non-hydrogen) atoms. The van der Waals surface area contributed by atoms with Gasteiger partial charge in [0.2, 0.25) is 15.9 Å². The average molecular weight is 436 g/mol. The molecule has 1 aliphatic rings. The highest BCUT2D eigenvalue weighted by molar-refractivity contribution is 7.89. The normalized spacial score (nSPS) is 15.5. The number of ether oxygens (including phenoxy) is 1. The Hall–Kier alpha value is -2.26. The van der Waals surface area contributed by atoms with Crippen molar-refractivity contribution in [2.45, 2.75) is 17.7 Å². The molecule has 1 fully saturated rings. The number of carbonyl (C=O) groups excluding carboxylic acids is 1. The number of morpholine rings is 1. The van der Waals surface area contributed by atoms with E-state index < -0.39 is 10.0 Å². The van der Waals surface area contributed by atoms with E-state index in [9.17, 15) is 13.2 Å². The molecule has 0 atom stereocenters. The zero-order valence-electron chi connectivity index (χ0n) is 15.8. The van der Waals surface area contributed by atoms with Crippen molar-refractivity contribution >= 4 is 33.7 Å². The Bertz CT molecular complexity index is 971. The summed E-state index contributed by atoms with van der Waals surface area (Å²) in [5.74, 6) is -0.228. The van der Waals surface area contributed by atoms with Gasteiger partial charge in [0.05, 0.1) is 24.3 Å². The van der Waals surface area contributed by atoms with Crippen LogP contribution in [0.3, 0.4) is 0 Å². The molecule has 0 aliphatic carbocycles. The van der Waals surface area contributed by atoms with Crippen molar-refractivity contribution in [2.24, 2.45) is 5.10 Å². The van der Waals surface area contributed by atoms with E-state index in [0.29, 0.717) is 37.7 Å². The Morgan fingerprint density at radius 1 is 1.17 bits per heavy atom. The number of halogens is 1. The molecule has 1 heterocycles. The summed E-state index contributed by atoms with van der Waals surface area (Å²) in [6.07, 6.45) is 2.24. The monoisotopic (exact) mass is 435 g/mol. The predicted octanol–water partition coefficient (Wildman–Crippen LogP) is 2.44. The van der Waals surface area contributed by atoms with Gasteiger partial charge >= 0.3 is 0 Å². The van der Waals surface area contributed by atoms with Gasteiger partial charge in [-0.05, 0) is 41.8 Å². The first kappa shape index (κ1) is 21.4. The number of carbonyl (C=O) groups is 1. The lowest BCUT2D eigenvalue weighted by molar-refractivity contribution is -0.121. The van der Waals surface area contributed by atoms with E-state index in [1.165, 1.54) is 10.5 Å². The van der Waals surface area contributed by atoms with Gasteiger partial charge in [0.25, 0.3) is 0 Å². The van der Waals surface area contributed by atoms with Gasteiger partial charge in [-0.2, -0.15) is 9.41 Å². The number of benzene rings is 2. The van der Waals surface area contributed by atoms with E-state index in [0.717, 1.165) is 11.1 Å². The van der Waals surface area contributed by atoms with Crippen molar-refractivity contribution in [3.05, 3.63) is 64.7 Å². The van der Waals surface area contributed by atoms with Gasteiger partial charge in [0, 0.05) is 24.5 Å². The zero-order chi connectivity index (χ0) is 20.7. The number of nitrogens with zero attached hydrogens (tertiary/aromatic N) is 2. The van der Waals surface area contributed by atoms with Crippen molar-refractivity contribution in [1.82, 2.24) is 9.73 Å². The van der Waals surface area contributed by atoms with Crippen LogP contribution < -0.4 is 5.43 Å². The van der Waals surface area contributed by atoms with Gasteiger partial charge in [0.15, 0.2) is 0 Å². The molecule has 2 aromatic carbocycles. The topological polar surface area (TPSA) is 88.1 Å². The Balaban J connectivity index is 1.50. The van der Waals surface area contributed by atoms with Gasteiger partial charge in [0.1, 0.15) is 0 Å². The third-order valence-electron chi connectivity index (χ3n) is 4.42. The smallest absolute Gasteiger partial charge is 0.243 e. The van der Waals surface area contributed by atoms with E-state index in [4.69, 9.17) is 16.3 Å². The molecule has 0 bridgehead atoms. The van der Waals surface area contributed by atoms with E-state index in [1.54, 1.807) is 42.5 Å². The number of rotatable bonds is 7. The van der Waals surface area contributed by atoms with Crippen LogP contribution in [0.1, 0.15) is 17.5 Å². The second kappa shape index (κ2) is 9.98. The molecule has 1 saturated heterocycles. The summed E-state index contributed by atoms with van der Waals surface area (Å²) in [5.41, 5.74) is 4.13. The number of hydrazone groups is 1. The molecule has 154 valence electrons. The summed E-state index contributed by atoms with van der Waals surface area (Å²) < 4.78 is 31.8. The molecule has 1 aliphatic heterocycles. The third-order valence-corrected chi connectivity index (χ3v) is 6.57. The minimum absolute atomic E-state index is 0.228. The molecule has 0 unspecified atom stereocenters. The van der Waals surface area contributed by atoms with E-state index in [2.05, 4.69) is 10.5 Å². The molecule has 0 spiro atoms. The van der Waals surface area contributed by atoms with Gasteiger partial charge in [-0.3, -0.25) is 4.79 Å². The lowest BCUT2D eigenvalue weighted by atomic mass is 10.1. The molecular weight excluding hydrogens is 414 g/mol.